The molecule has 0 aromatic heterocycles. The molecule has 0 bridgehead atoms. The fourth-order valence-electron chi connectivity index (χ4n) is 2.10. The molecular weight excluding hydrogens is 226 g/mol. The summed E-state index contributed by atoms with van der Waals surface area (Å²) in [4.78, 5) is 14.3. The van der Waals surface area contributed by atoms with Gasteiger partial charge in [0.15, 0.2) is 0 Å². The van der Waals surface area contributed by atoms with Crippen LogP contribution in [0, 0.1) is 13.8 Å². The van der Waals surface area contributed by atoms with Crippen LogP contribution in [0.25, 0.3) is 0 Å². The number of carbonyl (C=O) groups is 1. The Kier molecular flexibility index (Phi) is 5.35. The summed E-state index contributed by atoms with van der Waals surface area (Å²) < 4.78 is 0. The lowest BCUT2D eigenvalue weighted by atomic mass is 10.1. The van der Waals surface area contributed by atoms with Gasteiger partial charge in [-0.2, -0.15) is 0 Å². The maximum atomic E-state index is 12.4. The van der Waals surface area contributed by atoms with Gasteiger partial charge in [-0.1, -0.05) is 17.2 Å². The summed E-state index contributed by atoms with van der Waals surface area (Å²) >= 11 is 0. The molecule has 3 heteroatoms. The molecule has 1 aromatic carbocycles. The van der Waals surface area contributed by atoms with E-state index in [2.05, 4.69) is 6.07 Å². The molecule has 0 aliphatic carbocycles. The Morgan fingerprint density at radius 3 is 2.22 bits per heavy atom. The minimum Gasteiger partial charge on any atom is -0.396 e. The lowest BCUT2D eigenvalue weighted by Gasteiger charge is -2.27. The molecule has 100 valence electrons. The molecule has 1 rings (SSSR count). The summed E-state index contributed by atoms with van der Waals surface area (Å²) in [6, 6.07) is 6.04. The number of amides is 1. The Balaban J connectivity index is 2.94. The van der Waals surface area contributed by atoms with Crippen molar-refractivity contribution >= 4 is 5.91 Å². The van der Waals surface area contributed by atoms with Gasteiger partial charge in [-0.05, 0) is 46.2 Å². The zero-order valence-electron chi connectivity index (χ0n) is 11.7. The van der Waals surface area contributed by atoms with Gasteiger partial charge in [-0.15, -0.1) is 0 Å². The van der Waals surface area contributed by atoms with Crippen LogP contribution in [0.1, 0.15) is 41.8 Å². The van der Waals surface area contributed by atoms with E-state index < -0.39 is 0 Å². The molecule has 0 aliphatic heterocycles. The molecule has 0 saturated heterocycles. The van der Waals surface area contributed by atoms with Crippen molar-refractivity contribution < 1.29 is 9.90 Å². The quantitative estimate of drug-likeness (QED) is 0.871. The van der Waals surface area contributed by atoms with Crippen LogP contribution in [-0.2, 0) is 0 Å². The smallest absolute Gasteiger partial charge is 0.254 e. The normalized spacial score (nSPS) is 10.8. The highest BCUT2D eigenvalue weighted by molar-refractivity contribution is 5.94. The van der Waals surface area contributed by atoms with Gasteiger partial charge in [0.25, 0.3) is 5.91 Å². The molecule has 1 N–H and O–H groups in total. The zero-order valence-corrected chi connectivity index (χ0v) is 11.7. The number of nitrogens with zero attached hydrogens (tertiary/aromatic N) is 1. The highest BCUT2D eigenvalue weighted by Gasteiger charge is 2.18. The SMILES string of the molecule is Cc1cc(C)cc(C(=O)N(CCCO)C(C)C)c1. The van der Waals surface area contributed by atoms with E-state index in [0.29, 0.717) is 13.0 Å². The molecule has 0 heterocycles. The molecule has 0 saturated carbocycles. The minimum atomic E-state index is 0.0465. The standard InChI is InChI=1S/C15H23NO2/c1-11(2)16(6-5-7-17)15(18)14-9-12(3)8-13(4)10-14/h8-11,17H,5-7H2,1-4H3. The molecule has 1 aromatic rings. The Morgan fingerprint density at radius 1 is 1.22 bits per heavy atom. The largest absolute Gasteiger partial charge is 0.396 e. The first-order chi connectivity index (χ1) is 8.45. The molecule has 0 unspecified atom stereocenters. The molecule has 0 atom stereocenters. The predicted octanol–water partition coefficient (Wildman–Crippen LogP) is 2.54. The number of aryl methyl sites for hydroxylation is 2. The average Bonchev–Trinajstić information content (AvgIpc) is 2.27. The van der Waals surface area contributed by atoms with Gasteiger partial charge >= 0.3 is 0 Å². The third-order valence-corrected chi connectivity index (χ3v) is 2.91. The van der Waals surface area contributed by atoms with Crippen molar-refractivity contribution in [2.75, 3.05) is 13.2 Å². The number of hydrogen-bond donors (Lipinski definition) is 1. The lowest BCUT2D eigenvalue weighted by Crippen LogP contribution is -2.38. The molecular formula is C15H23NO2. The van der Waals surface area contributed by atoms with E-state index in [0.717, 1.165) is 16.7 Å². The van der Waals surface area contributed by atoms with Crippen molar-refractivity contribution in [1.82, 2.24) is 4.90 Å². The van der Waals surface area contributed by atoms with E-state index in [9.17, 15) is 4.79 Å². The van der Waals surface area contributed by atoms with Crippen LogP contribution in [0.15, 0.2) is 18.2 Å². The Labute approximate surface area is 109 Å². The van der Waals surface area contributed by atoms with Crippen LogP contribution < -0.4 is 0 Å². The number of aliphatic hydroxyl groups is 1. The van der Waals surface area contributed by atoms with Crippen molar-refractivity contribution in [3.63, 3.8) is 0 Å². The Morgan fingerprint density at radius 2 is 1.78 bits per heavy atom. The number of carbonyl (C=O) groups excluding carboxylic acids is 1. The van der Waals surface area contributed by atoms with Gasteiger partial charge in [-0.25, -0.2) is 0 Å². The van der Waals surface area contributed by atoms with Gasteiger partial charge in [0, 0.05) is 24.8 Å². The van der Waals surface area contributed by atoms with E-state index in [4.69, 9.17) is 5.11 Å². The Hall–Kier alpha value is -1.35. The van der Waals surface area contributed by atoms with Crippen molar-refractivity contribution in [3.05, 3.63) is 34.9 Å². The van der Waals surface area contributed by atoms with Gasteiger partial charge in [0.2, 0.25) is 0 Å². The molecule has 0 spiro atoms. The molecule has 18 heavy (non-hydrogen) atoms. The monoisotopic (exact) mass is 249 g/mol. The second kappa shape index (κ2) is 6.55. The van der Waals surface area contributed by atoms with E-state index in [1.165, 1.54) is 0 Å². The van der Waals surface area contributed by atoms with Crippen LogP contribution >= 0.6 is 0 Å². The van der Waals surface area contributed by atoms with Crippen molar-refractivity contribution in [3.8, 4) is 0 Å². The fourth-order valence-corrected chi connectivity index (χ4v) is 2.10. The average molecular weight is 249 g/mol. The maximum Gasteiger partial charge on any atom is 0.254 e. The Bertz CT molecular complexity index is 393. The van der Waals surface area contributed by atoms with Crippen LogP contribution in [-0.4, -0.2) is 35.1 Å². The number of aliphatic hydroxyl groups excluding tert-OH is 1. The first kappa shape index (κ1) is 14.7. The molecule has 0 aliphatic rings. The van der Waals surface area contributed by atoms with Gasteiger partial charge in [-0.3, -0.25) is 4.79 Å². The predicted molar refractivity (Wildman–Crippen MR) is 73.8 cm³/mol. The number of benzene rings is 1. The van der Waals surface area contributed by atoms with E-state index in [-0.39, 0.29) is 18.6 Å². The van der Waals surface area contributed by atoms with Gasteiger partial charge in [0.05, 0.1) is 0 Å². The van der Waals surface area contributed by atoms with Crippen molar-refractivity contribution in [2.24, 2.45) is 0 Å². The van der Waals surface area contributed by atoms with Crippen LogP contribution in [0.4, 0.5) is 0 Å². The lowest BCUT2D eigenvalue weighted by molar-refractivity contribution is 0.0693. The van der Waals surface area contributed by atoms with Gasteiger partial charge < -0.3 is 10.0 Å². The second-order valence-electron chi connectivity index (χ2n) is 5.05. The summed E-state index contributed by atoms with van der Waals surface area (Å²) in [7, 11) is 0. The molecule has 0 fully saturated rings. The van der Waals surface area contributed by atoms with E-state index in [1.807, 2.05) is 44.7 Å². The summed E-state index contributed by atoms with van der Waals surface area (Å²) in [5.74, 6) is 0.0465. The van der Waals surface area contributed by atoms with E-state index in [1.54, 1.807) is 0 Å². The van der Waals surface area contributed by atoms with Crippen molar-refractivity contribution in [2.45, 2.75) is 40.2 Å². The van der Waals surface area contributed by atoms with Crippen LogP contribution in [0.2, 0.25) is 0 Å². The van der Waals surface area contributed by atoms with Gasteiger partial charge in [0.1, 0.15) is 0 Å². The first-order valence-corrected chi connectivity index (χ1v) is 6.46. The third kappa shape index (κ3) is 3.84. The number of rotatable bonds is 5. The van der Waals surface area contributed by atoms with E-state index >= 15 is 0 Å². The topological polar surface area (TPSA) is 40.5 Å². The van der Waals surface area contributed by atoms with Crippen LogP contribution in [0.5, 0.6) is 0 Å². The molecule has 0 radical (unpaired) electrons. The fraction of sp³-hybridized carbons (Fsp3) is 0.533. The molecule has 3 nitrogen and oxygen atoms in total. The van der Waals surface area contributed by atoms with Crippen LogP contribution in [0.3, 0.4) is 0 Å². The first-order valence-electron chi connectivity index (χ1n) is 6.46. The highest BCUT2D eigenvalue weighted by Crippen LogP contribution is 2.13. The summed E-state index contributed by atoms with van der Waals surface area (Å²) in [5.41, 5.74) is 2.94. The molecule has 1 amide bonds. The summed E-state index contributed by atoms with van der Waals surface area (Å²) in [6.45, 7) is 8.70. The van der Waals surface area contributed by atoms with Crippen molar-refractivity contribution in [1.29, 1.82) is 0 Å². The second-order valence-corrected chi connectivity index (χ2v) is 5.05. The summed E-state index contributed by atoms with van der Waals surface area (Å²) in [5, 5.41) is 8.90. The highest BCUT2D eigenvalue weighted by atomic mass is 16.3. The maximum absolute atomic E-state index is 12.4. The summed E-state index contributed by atoms with van der Waals surface area (Å²) in [6.07, 6.45) is 0.620. The number of hydrogen-bond acceptors (Lipinski definition) is 2. The third-order valence-electron chi connectivity index (χ3n) is 2.91. The minimum absolute atomic E-state index is 0.0465. The zero-order chi connectivity index (χ0) is 13.7.